The molecule has 108 valence electrons. The van der Waals surface area contributed by atoms with E-state index in [1.54, 1.807) is 12.3 Å². The van der Waals surface area contributed by atoms with Gasteiger partial charge in [0, 0.05) is 18.3 Å². The number of halogens is 1. The molecule has 0 aliphatic heterocycles. The van der Waals surface area contributed by atoms with E-state index in [1.165, 1.54) is 0 Å². The van der Waals surface area contributed by atoms with E-state index in [4.69, 9.17) is 4.74 Å². The van der Waals surface area contributed by atoms with E-state index in [2.05, 4.69) is 31.1 Å². The van der Waals surface area contributed by atoms with Crippen molar-refractivity contribution in [2.45, 2.75) is 46.6 Å². The summed E-state index contributed by atoms with van der Waals surface area (Å²) in [7, 11) is 0. The summed E-state index contributed by atoms with van der Waals surface area (Å²) in [5.74, 6) is 0.338. The highest BCUT2D eigenvalue weighted by atomic mass is 19.1. The molecular weight excluding hydrogens is 243 g/mol. The molecule has 0 fully saturated rings. The van der Waals surface area contributed by atoms with E-state index >= 15 is 0 Å². The first-order valence-corrected chi connectivity index (χ1v) is 7.12. The van der Waals surface area contributed by atoms with Gasteiger partial charge in [-0.05, 0) is 24.9 Å². The summed E-state index contributed by atoms with van der Waals surface area (Å²) in [5, 5.41) is 3.22. The average Bonchev–Trinajstić information content (AvgIpc) is 2.38. The highest BCUT2D eigenvalue weighted by molar-refractivity contribution is 5.23. The van der Waals surface area contributed by atoms with Gasteiger partial charge in [0.2, 0.25) is 0 Å². The first-order valence-electron chi connectivity index (χ1n) is 7.12. The van der Waals surface area contributed by atoms with Crippen molar-refractivity contribution >= 4 is 0 Å². The van der Waals surface area contributed by atoms with Gasteiger partial charge in [-0.25, -0.2) is 9.37 Å². The monoisotopic (exact) mass is 268 g/mol. The fourth-order valence-electron chi connectivity index (χ4n) is 1.72. The van der Waals surface area contributed by atoms with Crippen LogP contribution in [0.4, 0.5) is 4.39 Å². The minimum atomic E-state index is -0.338. The van der Waals surface area contributed by atoms with Crippen LogP contribution in [0.1, 0.15) is 45.6 Å². The lowest BCUT2D eigenvalue weighted by Crippen LogP contribution is -2.20. The zero-order valence-corrected chi connectivity index (χ0v) is 12.2. The van der Waals surface area contributed by atoms with Crippen LogP contribution in [0.3, 0.4) is 0 Å². The van der Waals surface area contributed by atoms with Crippen molar-refractivity contribution in [1.82, 2.24) is 10.3 Å². The quantitative estimate of drug-likeness (QED) is 0.696. The van der Waals surface area contributed by atoms with Gasteiger partial charge in [-0.1, -0.05) is 33.6 Å². The maximum absolute atomic E-state index is 14.1. The Kier molecular flexibility index (Phi) is 7.41. The molecule has 1 rings (SSSR count). The van der Waals surface area contributed by atoms with Crippen LogP contribution in [0.2, 0.25) is 0 Å². The zero-order chi connectivity index (χ0) is 14.1. The number of aromatic nitrogens is 1. The maximum Gasteiger partial charge on any atom is 0.250 e. The Morgan fingerprint density at radius 3 is 2.84 bits per heavy atom. The van der Waals surface area contributed by atoms with Crippen molar-refractivity contribution in [2.75, 3.05) is 13.2 Å². The Morgan fingerprint density at radius 1 is 1.37 bits per heavy atom. The van der Waals surface area contributed by atoms with E-state index in [-0.39, 0.29) is 11.7 Å². The van der Waals surface area contributed by atoms with Gasteiger partial charge in [-0.3, -0.25) is 0 Å². The number of ether oxygens (including phenoxy) is 1. The summed E-state index contributed by atoms with van der Waals surface area (Å²) in [4.78, 5) is 3.95. The summed E-state index contributed by atoms with van der Waals surface area (Å²) < 4.78 is 19.5. The third-order valence-electron chi connectivity index (χ3n) is 2.79. The molecule has 0 aliphatic rings. The number of nitrogens with zero attached hydrogens (tertiary/aromatic N) is 1. The molecule has 0 saturated heterocycles. The summed E-state index contributed by atoms with van der Waals surface area (Å²) in [6.07, 6.45) is 4.76. The number of nitrogens with one attached hydrogen (secondary N) is 1. The predicted octanol–water partition coefficient (Wildman–Crippen LogP) is 3.54. The second-order valence-corrected chi connectivity index (χ2v) is 5.17. The third kappa shape index (κ3) is 6.01. The van der Waals surface area contributed by atoms with Crippen LogP contribution in [0.25, 0.3) is 0 Å². The second-order valence-electron chi connectivity index (χ2n) is 5.17. The third-order valence-corrected chi connectivity index (χ3v) is 2.79. The predicted molar refractivity (Wildman–Crippen MR) is 75.8 cm³/mol. The van der Waals surface area contributed by atoms with Gasteiger partial charge in [-0.15, -0.1) is 0 Å². The van der Waals surface area contributed by atoms with Gasteiger partial charge in [0.05, 0.1) is 6.61 Å². The molecule has 0 aliphatic carbocycles. The van der Waals surface area contributed by atoms with Crippen molar-refractivity contribution in [2.24, 2.45) is 5.92 Å². The van der Waals surface area contributed by atoms with Crippen LogP contribution in [0, 0.1) is 11.7 Å². The highest BCUT2D eigenvalue weighted by Crippen LogP contribution is 2.17. The van der Waals surface area contributed by atoms with E-state index in [9.17, 15) is 4.39 Å². The molecule has 1 aromatic heterocycles. The number of pyridine rings is 1. The lowest BCUT2D eigenvalue weighted by molar-refractivity contribution is 0.278. The van der Waals surface area contributed by atoms with E-state index in [0.29, 0.717) is 24.6 Å². The van der Waals surface area contributed by atoms with Gasteiger partial charge < -0.3 is 10.1 Å². The minimum absolute atomic E-state index is 0.125. The molecule has 1 heterocycles. The first kappa shape index (κ1) is 15.9. The largest absolute Gasteiger partial charge is 0.476 e. The molecule has 3 nitrogen and oxygen atoms in total. The van der Waals surface area contributed by atoms with E-state index in [1.807, 2.05) is 0 Å². The molecule has 0 amide bonds. The van der Waals surface area contributed by atoms with Crippen LogP contribution in [-0.2, 0) is 6.54 Å². The van der Waals surface area contributed by atoms with Crippen molar-refractivity contribution in [3.05, 3.63) is 23.6 Å². The van der Waals surface area contributed by atoms with Gasteiger partial charge in [-0.2, -0.15) is 0 Å². The smallest absolute Gasteiger partial charge is 0.250 e. The molecule has 0 bridgehead atoms. The number of rotatable bonds is 9. The van der Waals surface area contributed by atoms with Crippen LogP contribution in [0.15, 0.2) is 12.3 Å². The normalized spacial score (nSPS) is 11.0. The van der Waals surface area contributed by atoms with Crippen LogP contribution in [-0.4, -0.2) is 18.1 Å². The number of hydrogen-bond donors (Lipinski definition) is 1. The van der Waals surface area contributed by atoms with E-state index < -0.39 is 0 Å². The summed E-state index contributed by atoms with van der Waals surface area (Å²) in [5.41, 5.74) is 0.612. The Morgan fingerprint density at radius 2 is 2.16 bits per heavy atom. The molecule has 19 heavy (non-hydrogen) atoms. The lowest BCUT2D eigenvalue weighted by atomic mass is 10.2. The highest BCUT2D eigenvalue weighted by Gasteiger charge is 2.10. The standard InChI is InChI=1S/C15H25FN2O/c1-4-5-6-9-19-15-14(16)13(7-8-18-15)11-17-10-12(2)3/h7-8,12,17H,4-6,9-11H2,1-3H3. The van der Waals surface area contributed by atoms with Gasteiger partial charge in [0.25, 0.3) is 5.88 Å². The summed E-state index contributed by atoms with van der Waals surface area (Å²) in [6.45, 7) is 8.28. The van der Waals surface area contributed by atoms with Gasteiger partial charge in [0.15, 0.2) is 5.82 Å². The number of unbranched alkanes of at least 4 members (excludes halogenated alkanes) is 2. The lowest BCUT2D eigenvalue weighted by Gasteiger charge is -2.11. The van der Waals surface area contributed by atoms with Crippen LogP contribution >= 0.6 is 0 Å². The molecule has 0 atom stereocenters. The molecule has 1 aromatic rings. The van der Waals surface area contributed by atoms with Crippen LogP contribution in [0.5, 0.6) is 5.88 Å². The van der Waals surface area contributed by atoms with Crippen molar-refractivity contribution in [1.29, 1.82) is 0 Å². The minimum Gasteiger partial charge on any atom is -0.476 e. The molecule has 0 unspecified atom stereocenters. The Labute approximate surface area is 115 Å². The first-order chi connectivity index (χ1) is 9.15. The Balaban J connectivity index is 2.49. The molecule has 0 aromatic carbocycles. The fourth-order valence-corrected chi connectivity index (χ4v) is 1.72. The molecule has 0 radical (unpaired) electrons. The van der Waals surface area contributed by atoms with Crippen molar-refractivity contribution in [3.8, 4) is 5.88 Å². The molecular formula is C15H25FN2O. The summed E-state index contributed by atoms with van der Waals surface area (Å²) >= 11 is 0. The van der Waals surface area contributed by atoms with E-state index in [0.717, 1.165) is 25.8 Å². The van der Waals surface area contributed by atoms with Gasteiger partial charge in [0.1, 0.15) is 0 Å². The number of hydrogen-bond acceptors (Lipinski definition) is 3. The van der Waals surface area contributed by atoms with Gasteiger partial charge >= 0.3 is 0 Å². The Bertz CT molecular complexity index is 369. The topological polar surface area (TPSA) is 34.1 Å². The molecule has 1 N–H and O–H groups in total. The second kappa shape index (κ2) is 8.86. The van der Waals surface area contributed by atoms with Crippen LogP contribution < -0.4 is 10.1 Å². The zero-order valence-electron chi connectivity index (χ0n) is 12.2. The molecule has 0 saturated carbocycles. The SMILES string of the molecule is CCCCCOc1nccc(CNCC(C)C)c1F. The Hall–Kier alpha value is -1.16. The average molecular weight is 268 g/mol. The maximum atomic E-state index is 14.1. The molecule has 4 heteroatoms. The summed E-state index contributed by atoms with van der Waals surface area (Å²) in [6, 6.07) is 1.70. The molecule has 0 spiro atoms. The van der Waals surface area contributed by atoms with Crippen molar-refractivity contribution in [3.63, 3.8) is 0 Å². The fraction of sp³-hybridized carbons (Fsp3) is 0.667. The van der Waals surface area contributed by atoms with Crippen molar-refractivity contribution < 1.29 is 9.13 Å².